The van der Waals surface area contributed by atoms with E-state index >= 15 is 0 Å². The van der Waals surface area contributed by atoms with Crippen LogP contribution in [0.15, 0.2) is 78.9 Å². The van der Waals surface area contributed by atoms with Crippen LogP contribution in [0, 0.1) is 11.3 Å². The van der Waals surface area contributed by atoms with Gasteiger partial charge in [0.1, 0.15) is 0 Å². The van der Waals surface area contributed by atoms with Crippen molar-refractivity contribution in [1.29, 1.82) is 5.26 Å². The molecule has 6 heteroatoms. The Hall–Kier alpha value is -3.56. The van der Waals surface area contributed by atoms with Gasteiger partial charge in [0.25, 0.3) is 5.91 Å². The van der Waals surface area contributed by atoms with Crippen molar-refractivity contribution in [3.8, 4) is 6.07 Å². The lowest BCUT2D eigenvalue weighted by Gasteiger charge is -2.07. The van der Waals surface area contributed by atoms with Crippen LogP contribution in [0.4, 0.5) is 11.4 Å². The molecular formula is C23H19N3O2S. The normalized spacial score (nSPS) is 10.0. The first-order valence-electron chi connectivity index (χ1n) is 8.97. The van der Waals surface area contributed by atoms with Crippen molar-refractivity contribution >= 4 is 35.0 Å². The molecule has 0 atom stereocenters. The summed E-state index contributed by atoms with van der Waals surface area (Å²) in [5, 5.41) is 14.4. The highest BCUT2D eigenvalue weighted by molar-refractivity contribution is 7.99. The molecule has 0 aliphatic heterocycles. The lowest BCUT2D eigenvalue weighted by Crippen LogP contribution is -2.14. The molecule has 3 aromatic carbocycles. The second-order valence-corrected chi connectivity index (χ2v) is 7.23. The Kier molecular flexibility index (Phi) is 7.04. The Bertz CT molecular complexity index is 1010. The van der Waals surface area contributed by atoms with Crippen LogP contribution in [0.25, 0.3) is 0 Å². The van der Waals surface area contributed by atoms with Crippen molar-refractivity contribution in [2.45, 2.75) is 5.75 Å². The monoisotopic (exact) mass is 401 g/mol. The molecule has 0 aliphatic carbocycles. The first-order valence-corrected chi connectivity index (χ1v) is 10.1. The molecule has 2 N–H and O–H groups in total. The van der Waals surface area contributed by atoms with Crippen molar-refractivity contribution in [3.05, 3.63) is 95.6 Å². The maximum Gasteiger partial charge on any atom is 0.255 e. The van der Waals surface area contributed by atoms with Crippen LogP contribution in [-0.2, 0) is 10.5 Å². The number of benzene rings is 3. The summed E-state index contributed by atoms with van der Waals surface area (Å²) in [5.41, 5.74) is 3.60. The number of carbonyl (C=O) groups excluding carboxylic acids is 2. The van der Waals surface area contributed by atoms with Crippen molar-refractivity contribution in [3.63, 3.8) is 0 Å². The summed E-state index contributed by atoms with van der Waals surface area (Å²) in [6.45, 7) is 0. The third-order valence-corrected chi connectivity index (χ3v) is 5.05. The Labute approximate surface area is 173 Å². The summed E-state index contributed by atoms with van der Waals surface area (Å²) in [6, 6.07) is 25.5. The minimum atomic E-state index is -0.155. The SMILES string of the molecule is N#Cc1ccc(NC(=O)CSCc2ccc(C(=O)Nc3ccccc3)cc2)cc1. The molecule has 0 radical (unpaired) electrons. The largest absolute Gasteiger partial charge is 0.325 e. The van der Waals surface area contributed by atoms with Crippen LogP contribution in [-0.4, -0.2) is 17.6 Å². The number of hydrogen-bond donors (Lipinski definition) is 2. The average molecular weight is 401 g/mol. The maximum absolute atomic E-state index is 12.3. The number of nitrogens with zero attached hydrogens (tertiary/aromatic N) is 1. The number of thioether (sulfide) groups is 1. The molecule has 0 saturated carbocycles. The van der Waals surface area contributed by atoms with E-state index in [1.54, 1.807) is 36.4 Å². The average Bonchev–Trinajstić information content (AvgIpc) is 2.75. The van der Waals surface area contributed by atoms with Gasteiger partial charge >= 0.3 is 0 Å². The highest BCUT2D eigenvalue weighted by Gasteiger charge is 2.07. The van der Waals surface area contributed by atoms with Gasteiger partial charge in [-0.1, -0.05) is 30.3 Å². The summed E-state index contributed by atoms with van der Waals surface area (Å²) >= 11 is 1.49. The van der Waals surface area contributed by atoms with E-state index < -0.39 is 0 Å². The summed E-state index contributed by atoms with van der Waals surface area (Å²) in [4.78, 5) is 24.3. The second-order valence-electron chi connectivity index (χ2n) is 6.25. The van der Waals surface area contributed by atoms with E-state index in [2.05, 4.69) is 10.6 Å². The van der Waals surface area contributed by atoms with Crippen molar-refractivity contribution in [2.24, 2.45) is 0 Å². The zero-order valence-electron chi connectivity index (χ0n) is 15.6. The maximum atomic E-state index is 12.3. The number of carbonyl (C=O) groups is 2. The molecule has 0 fully saturated rings. The highest BCUT2D eigenvalue weighted by Crippen LogP contribution is 2.16. The smallest absolute Gasteiger partial charge is 0.255 e. The number of para-hydroxylation sites is 1. The first-order chi connectivity index (χ1) is 14.1. The van der Waals surface area contributed by atoms with Crippen LogP contribution in [0.1, 0.15) is 21.5 Å². The molecule has 29 heavy (non-hydrogen) atoms. The molecule has 0 heterocycles. The lowest BCUT2D eigenvalue weighted by atomic mass is 10.1. The lowest BCUT2D eigenvalue weighted by molar-refractivity contribution is -0.113. The molecule has 0 saturated heterocycles. The number of hydrogen-bond acceptors (Lipinski definition) is 4. The molecule has 144 valence electrons. The third-order valence-electron chi connectivity index (χ3n) is 4.05. The van der Waals surface area contributed by atoms with Gasteiger partial charge < -0.3 is 10.6 Å². The van der Waals surface area contributed by atoms with Gasteiger partial charge in [0.2, 0.25) is 5.91 Å². The van der Waals surface area contributed by atoms with Crippen LogP contribution in [0.3, 0.4) is 0 Å². The zero-order valence-corrected chi connectivity index (χ0v) is 16.4. The molecular weight excluding hydrogens is 382 g/mol. The molecule has 3 rings (SSSR count). The molecule has 2 amide bonds. The van der Waals surface area contributed by atoms with Gasteiger partial charge in [-0.25, -0.2) is 0 Å². The molecule has 0 spiro atoms. The standard InChI is InChI=1S/C23H19N3O2S/c24-14-17-8-12-21(13-9-17)25-22(27)16-29-15-18-6-10-19(11-7-18)23(28)26-20-4-2-1-3-5-20/h1-13H,15-16H2,(H,25,27)(H,26,28). The molecule has 5 nitrogen and oxygen atoms in total. The Balaban J connectivity index is 1.44. The minimum Gasteiger partial charge on any atom is -0.325 e. The summed E-state index contributed by atoms with van der Waals surface area (Å²) < 4.78 is 0. The molecule has 3 aromatic rings. The van der Waals surface area contributed by atoms with E-state index in [9.17, 15) is 9.59 Å². The van der Waals surface area contributed by atoms with Gasteiger partial charge in [-0.15, -0.1) is 11.8 Å². The predicted molar refractivity (Wildman–Crippen MR) is 117 cm³/mol. The summed E-state index contributed by atoms with van der Waals surface area (Å²) in [5.74, 6) is 0.730. The first kappa shape index (κ1) is 20.2. The van der Waals surface area contributed by atoms with E-state index in [4.69, 9.17) is 5.26 Å². The fourth-order valence-electron chi connectivity index (χ4n) is 2.56. The fraction of sp³-hybridized carbons (Fsp3) is 0.0870. The van der Waals surface area contributed by atoms with E-state index in [0.717, 1.165) is 11.3 Å². The van der Waals surface area contributed by atoms with Crippen molar-refractivity contribution in [1.82, 2.24) is 0 Å². The van der Waals surface area contributed by atoms with Gasteiger partial charge in [-0.05, 0) is 54.1 Å². The number of anilines is 2. The van der Waals surface area contributed by atoms with E-state index in [1.807, 2.05) is 48.5 Å². The van der Waals surface area contributed by atoms with Crippen LogP contribution in [0.2, 0.25) is 0 Å². The van der Waals surface area contributed by atoms with Crippen molar-refractivity contribution in [2.75, 3.05) is 16.4 Å². The van der Waals surface area contributed by atoms with E-state index in [-0.39, 0.29) is 11.8 Å². The number of nitrogens with one attached hydrogen (secondary N) is 2. The topological polar surface area (TPSA) is 82.0 Å². The van der Waals surface area contributed by atoms with Gasteiger partial charge in [0.15, 0.2) is 0 Å². The van der Waals surface area contributed by atoms with E-state index in [1.165, 1.54) is 11.8 Å². The van der Waals surface area contributed by atoms with Crippen LogP contribution < -0.4 is 10.6 Å². The van der Waals surface area contributed by atoms with E-state index in [0.29, 0.717) is 28.3 Å². The van der Waals surface area contributed by atoms with Gasteiger partial charge in [0.05, 0.1) is 17.4 Å². The molecule has 0 aromatic heterocycles. The summed E-state index contributed by atoms with van der Waals surface area (Å²) in [7, 11) is 0. The Morgan fingerprint density at radius 1 is 0.828 bits per heavy atom. The number of amides is 2. The zero-order chi connectivity index (χ0) is 20.5. The number of nitriles is 1. The molecule has 0 bridgehead atoms. The predicted octanol–water partition coefficient (Wildman–Crippen LogP) is 4.68. The fourth-order valence-corrected chi connectivity index (χ4v) is 3.35. The quantitative estimate of drug-likeness (QED) is 0.602. The Morgan fingerprint density at radius 2 is 1.48 bits per heavy atom. The van der Waals surface area contributed by atoms with Gasteiger partial charge in [0, 0.05) is 22.7 Å². The highest BCUT2D eigenvalue weighted by atomic mass is 32.2. The third kappa shape index (κ3) is 6.23. The second kappa shape index (κ2) is 10.1. The van der Waals surface area contributed by atoms with Gasteiger partial charge in [-0.3, -0.25) is 9.59 Å². The van der Waals surface area contributed by atoms with Gasteiger partial charge in [-0.2, -0.15) is 5.26 Å². The minimum absolute atomic E-state index is 0.0985. The Morgan fingerprint density at radius 3 is 2.14 bits per heavy atom. The molecule has 0 unspecified atom stereocenters. The van der Waals surface area contributed by atoms with Crippen LogP contribution in [0.5, 0.6) is 0 Å². The van der Waals surface area contributed by atoms with Crippen molar-refractivity contribution < 1.29 is 9.59 Å². The molecule has 0 aliphatic rings. The summed E-state index contributed by atoms with van der Waals surface area (Å²) in [6.07, 6.45) is 0. The number of rotatable bonds is 7. The van der Waals surface area contributed by atoms with Crippen LogP contribution >= 0.6 is 11.8 Å².